The number of benzene rings is 4. The minimum atomic E-state index is -0.981. The van der Waals surface area contributed by atoms with E-state index in [-0.39, 0.29) is 19.6 Å². The highest BCUT2D eigenvalue weighted by atomic mass is 35.5. The average Bonchev–Trinajstić information content (AvgIpc) is 2.91. The fourth-order valence-corrected chi connectivity index (χ4v) is 4.38. The van der Waals surface area contributed by atoms with Crippen LogP contribution in [0.4, 0.5) is 0 Å². The van der Waals surface area contributed by atoms with Crippen LogP contribution in [-0.2, 0) is 20.9 Å². The number of carboxylic acid groups (broad SMARTS) is 2. The minimum absolute atomic E-state index is 0.0186. The Bertz CT molecular complexity index is 1500. The Balaban J connectivity index is 0.000000220. The highest BCUT2D eigenvalue weighted by Crippen LogP contribution is 2.31. The van der Waals surface area contributed by atoms with E-state index in [1.165, 1.54) is 0 Å². The summed E-state index contributed by atoms with van der Waals surface area (Å²) in [4.78, 5) is 20.8. The monoisotopic (exact) mass is 616 g/mol. The molecule has 0 aliphatic carbocycles. The third-order valence-corrected chi connectivity index (χ3v) is 6.72. The molecule has 0 atom stereocenters. The van der Waals surface area contributed by atoms with Crippen LogP contribution in [0.3, 0.4) is 0 Å². The smallest absolute Gasteiger partial charge is 0.329 e. The standard InChI is InChI=1S/C16H12Cl2O2.C15H12Cl2O3/c17-13-8-9-14(15(18)10-13)12-6-4-11(5-7-12)2-1-3-16(19)20;16-13-5-4-12(7-14(13)17)11-3-1-2-10(6-11)8-20-9-15(18)19/h1-2,4-10H,3H2,(H,19,20);1-7H,8-9H2,(H,18,19)/b2-1+;. The van der Waals surface area contributed by atoms with Gasteiger partial charge in [-0.05, 0) is 58.1 Å². The van der Waals surface area contributed by atoms with Gasteiger partial charge in [-0.15, -0.1) is 0 Å². The van der Waals surface area contributed by atoms with Crippen molar-refractivity contribution in [3.63, 3.8) is 0 Å². The molecule has 0 aliphatic rings. The van der Waals surface area contributed by atoms with Gasteiger partial charge in [0, 0.05) is 15.6 Å². The lowest BCUT2D eigenvalue weighted by molar-refractivity contribution is -0.142. The second kappa shape index (κ2) is 15.5. The molecule has 9 heteroatoms. The molecule has 4 aromatic rings. The normalized spacial score (nSPS) is 10.7. The van der Waals surface area contributed by atoms with Crippen LogP contribution in [0.1, 0.15) is 17.5 Å². The predicted octanol–water partition coefficient (Wildman–Crippen LogP) is 9.41. The van der Waals surface area contributed by atoms with E-state index in [1.807, 2.05) is 60.7 Å². The van der Waals surface area contributed by atoms with Crippen LogP contribution in [0, 0.1) is 0 Å². The van der Waals surface area contributed by atoms with Crippen molar-refractivity contribution in [2.45, 2.75) is 13.0 Å². The Morgan fingerprint density at radius 2 is 1.40 bits per heavy atom. The summed E-state index contributed by atoms with van der Waals surface area (Å²) in [7, 11) is 0. The molecule has 0 amide bonds. The molecule has 2 N–H and O–H groups in total. The van der Waals surface area contributed by atoms with Crippen LogP contribution < -0.4 is 0 Å². The van der Waals surface area contributed by atoms with Crippen LogP contribution in [0.2, 0.25) is 20.1 Å². The Morgan fingerprint density at radius 1 is 0.700 bits per heavy atom. The van der Waals surface area contributed by atoms with Crippen molar-refractivity contribution in [1.29, 1.82) is 0 Å². The lowest BCUT2D eigenvalue weighted by Gasteiger charge is -2.07. The van der Waals surface area contributed by atoms with Crippen LogP contribution in [-0.4, -0.2) is 28.8 Å². The third-order valence-electron chi connectivity index (χ3n) is 5.43. The maximum atomic E-state index is 10.4. The Morgan fingerprint density at radius 3 is 2.05 bits per heavy atom. The number of aliphatic carboxylic acids is 2. The molecule has 0 saturated carbocycles. The van der Waals surface area contributed by atoms with Crippen molar-refractivity contribution in [2.75, 3.05) is 6.61 Å². The highest BCUT2D eigenvalue weighted by molar-refractivity contribution is 6.42. The van der Waals surface area contributed by atoms with Crippen molar-refractivity contribution in [3.8, 4) is 22.3 Å². The number of hydrogen-bond acceptors (Lipinski definition) is 3. The number of halogens is 4. The molecule has 0 fully saturated rings. The Labute approximate surface area is 252 Å². The lowest BCUT2D eigenvalue weighted by atomic mass is 10.0. The fourth-order valence-electron chi connectivity index (χ4n) is 3.57. The van der Waals surface area contributed by atoms with Crippen molar-refractivity contribution < 1.29 is 24.5 Å². The number of hydrogen-bond donors (Lipinski definition) is 2. The number of carboxylic acids is 2. The summed E-state index contributed by atoms with van der Waals surface area (Å²) in [6, 6.07) is 26.1. The summed E-state index contributed by atoms with van der Waals surface area (Å²) >= 11 is 23.9. The van der Waals surface area contributed by atoms with Gasteiger partial charge in [-0.1, -0.05) is 113 Å². The largest absolute Gasteiger partial charge is 0.481 e. The molecule has 5 nitrogen and oxygen atoms in total. The zero-order chi connectivity index (χ0) is 29.1. The molecule has 4 rings (SSSR count). The summed E-state index contributed by atoms with van der Waals surface area (Å²) in [6.45, 7) is -0.0571. The first-order valence-corrected chi connectivity index (χ1v) is 13.4. The summed E-state index contributed by atoms with van der Waals surface area (Å²) in [5.41, 5.74) is 5.66. The average molecular weight is 618 g/mol. The molecule has 40 heavy (non-hydrogen) atoms. The quantitative estimate of drug-likeness (QED) is 0.195. The van der Waals surface area contributed by atoms with Gasteiger partial charge in [0.05, 0.1) is 23.1 Å². The van der Waals surface area contributed by atoms with Gasteiger partial charge in [-0.3, -0.25) is 4.79 Å². The van der Waals surface area contributed by atoms with E-state index >= 15 is 0 Å². The molecular weight excluding hydrogens is 594 g/mol. The second-order valence-electron chi connectivity index (χ2n) is 8.46. The maximum absolute atomic E-state index is 10.4. The molecule has 0 aromatic heterocycles. The molecule has 0 unspecified atom stereocenters. The molecule has 0 spiro atoms. The van der Waals surface area contributed by atoms with Crippen LogP contribution in [0.25, 0.3) is 28.3 Å². The van der Waals surface area contributed by atoms with Gasteiger partial charge in [0.1, 0.15) is 6.61 Å². The molecule has 0 aliphatic heterocycles. The minimum Gasteiger partial charge on any atom is -0.481 e. The van der Waals surface area contributed by atoms with E-state index in [4.69, 9.17) is 61.4 Å². The van der Waals surface area contributed by atoms with E-state index in [9.17, 15) is 9.59 Å². The van der Waals surface area contributed by atoms with Gasteiger partial charge in [0.15, 0.2) is 0 Å². The van der Waals surface area contributed by atoms with Crippen molar-refractivity contribution in [3.05, 3.63) is 122 Å². The van der Waals surface area contributed by atoms with Gasteiger partial charge < -0.3 is 14.9 Å². The van der Waals surface area contributed by atoms with E-state index in [2.05, 4.69) is 0 Å². The first kappa shape index (κ1) is 31.2. The SMILES string of the molecule is O=C(O)C/C=C/c1ccc(-c2ccc(Cl)cc2Cl)cc1.O=C(O)COCc1cccc(-c2ccc(Cl)c(Cl)c2)c1. The van der Waals surface area contributed by atoms with Crippen LogP contribution in [0.15, 0.2) is 91.0 Å². The van der Waals surface area contributed by atoms with E-state index in [1.54, 1.807) is 36.4 Å². The molecule has 0 bridgehead atoms. The van der Waals surface area contributed by atoms with E-state index in [0.717, 1.165) is 33.4 Å². The zero-order valence-electron chi connectivity index (χ0n) is 21.0. The maximum Gasteiger partial charge on any atom is 0.329 e. The predicted molar refractivity (Wildman–Crippen MR) is 162 cm³/mol. The molecule has 4 aromatic carbocycles. The molecule has 0 radical (unpaired) electrons. The lowest BCUT2D eigenvalue weighted by Crippen LogP contribution is -2.06. The van der Waals surface area contributed by atoms with Gasteiger partial charge in [-0.2, -0.15) is 0 Å². The van der Waals surface area contributed by atoms with Crippen molar-refractivity contribution in [2.24, 2.45) is 0 Å². The summed E-state index contributed by atoms with van der Waals surface area (Å²) in [5, 5.41) is 19.3. The number of carbonyl (C=O) groups is 2. The summed E-state index contributed by atoms with van der Waals surface area (Å²) in [6.07, 6.45) is 3.42. The molecule has 0 heterocycles. The zero-order valence-corrected chi connectivity index (χ0v) is 24.0. The third kappa shape index (κ3) is 10.0. The van der Waals surface area contributed by atoms with Crippen LogP contribution >= 0.6 is 46.4 Å². The van der Waals surface area contributed by atoms with E-state index in [0.29, 0.717) is 20.1 Å². The molecule has 0 saturated heterocycles. The first-order valence-electron chi connectivity index (χ1n) is 11.9. The Kier molecular flexibility index (Phi) is 12.1. The topological polar surface area (TPSA) is 83.8 Å². The van der Waals surface area contributed by atoms with Gasteiger partial charge >= 0.3 is 11.9 Å². The number of rotatable bonds is 9. The summed E-state index contributed by atoms with van der Waals surface area (Å²) < 4.78 is 5.07. The second-order valence-corrected chi connectivity index (χ2v) is 10.1. The Hall–Kier alpha value is -3.32. The van der Waals surface area contributed by atoms with Gasteiger partial charge in [0.25, 0.3) is 0 Å². The van der Waals surface area contributed by atoms with Crippen LogP contribution in [0.5, 0.6) is 0 Å². The molecular formula is C31H24Cl4O5. The molecule has 206 valence electrons. The van der Waals surface area contributed by atoms with Crippen molar-refractivity contribution in [1.82, 2.24) is 0 Å². The van der Waals surface area contributed by atoms with Gasteiger partial charge in [0.2, 0.25) is 0 Å². The highest BCUT2D eigenvalue weighted by Gasteiger charge is 2.05. The van der Waals surface area contributed by atoms with Gasteiger partial charge in [-0.25, -0.2) is 4.79 Å². The summed E-state index contributed by atoms with van der Waals surface area (Å²) in [5.74, 6) is -1.82. The fraction of sp³-hybridized carbons (Fsp3) is 0.0968. The number of ether oxygens (including phenoxy) is 1. The van der Waals surface area contributed by atoms with Crippen molar-refractivity contribution >= 4 is 64.4 Å². The van der Waals surface area contributed by atoms with E-state index < -0.39 is 11.9 Å². The first-order chi connectivity index (χ1) is 19.1.